The molecule has 2 aromatic carbocycles. The van der Waals surface area contributed by atoms with E-state index in [2.05, 4.69) is 51.0 Å². The molecule has 1 aliphatic rings. The summed E-state index contributed by atoms with van der Waals surface area (Å²) in [5.41, 5.74) is 10.7. The standard InChI is InChI=1S/C22H24N4OS/c1-15-25-20(14-28-15)17-8-6-16(7-9-17)10-12-24-22(23)26-19-11-13-27-21-5-3-2-4-18(19)21/h2-9,14,19H,10-13H2,1H3,(H3,23,24,26). The van der Waals surface area contributed by atoms with Crippen LogP contribution in [0, 0.1) is 6.92 Å². The molecule has 1 unspecified atom stereocenters. The van der Waals surface area contributed by atoms with Gasteiger partial charge in [-0.05, 0) is 25.0 Å². The number of rotatable bonds is 5. The predicted octanol–water partition coefficient (Wildman–Crippen LogP) is 4.09. The Morgan fingerprint density at radius 3 is 2.86 bits per heavy atom. The summed E-state index contributed by atoms with van der Waals surface area (Å²) in [4.78, 5) is 9.03. The molecule has 0 radical (unpaired) electrons. The summed E-state index contributed by atoms with van der Waals surface area (Å²) < 4.78 is 5.69. The Hall–Kier alpha value is -2.86. The molecule has 0 fully saturated rings. The lowest BCUT2D eigenvalue weighted by molar-refractivity contribution is 0.262. The molecule has 0 spiro atoms. The lowest BCUT2D eigenvalue weighted by atomic mass is 10.0. The van der Waals surface area contributed by atoms with Gasteiger partial charge >= 0.3 is 0 Å². The highest BCUT2D eigenvalue weighted by Crippen LogP contribution is 2.31. The molecule has 1 aliphatic heterocycles. The largest absolute Gasteiger partial charge is 0.493 e. The van der Waals surface area contributed by atoms with E-state index in [1.807, 2.05) is 25.1 Å². The first kappa shape index (κ1) is 18.5. The van der Waals surface area contributed by atoms with Gasteiger partial charge in [0.25, 0.3) is 0 Å². The number of para-hydroxylation sites is 1. The number of ether oxygens (including phenoxy) is 1. The molecule has 0 saturated heterocycles. The lowest BCUT2D eigenvalue weighted by Gasteiger charge is -2.26. The van der Waals surface area contributed by atoms with Gasteiger partial charge in [-0.1, -0.05) is 42.5 Å². The van der Waals surface area contributed by atoms with Gasteiger partial charge in [-0.25, -0.2) is 4.98 Å². The number of nitrogens with two attached hydrogens (primary N) is 1. The molecule has 1 atom stereocenters. The smallest absolute Gasteiger partial charge is 0.189 e. The fourth-order valence-electron chi connectivity index (χ4n) is 3.36. The zero-order valence-corrected chi connectivity index (χ0v) is 16.7. The van der Waals surface area contributed by atoms with Crippen molar-refractivity contribution in [3.63, 3.8) is 0 Å². The maximum atomic E-state index is 6.12. The SMILES string of the molecule is Cc1nc(-c2ccc(CCN=C(N)NC3CCOc4ccccc43)cc2)cs1. The van der Waals surface area contributed by atoms with Crippen LogP contribution in [0.15, 0.2) is 58.9 Å². The summed E-state index contributed by atoms with van der Waals surface area (Å²) >= 11 is 1.67. The van der Waals surface area contributed by atoms with Gasteiger partial charge in [0.05, 0.1) is 23.4 Å². The summed E-state index contributed by atoms with van der Waals surface area (Å²) in [5.74, 6) is 1.41. The topological polar surface area (TPSA) is 72.5 Å². The summed E-state index contributed by atoms with van der Waals surface area (Å²) in [6, 6.07) is 16.7. The lowest BCUT2D eigenvalue weighted by Crippen LogP contribution is -2.37. The molecule has 6 heteroatoms. The van der Waals surface area contributed by atoms with Gasteiger partial charge < -0.3 is 15.8 Å². The number of nitrogens with one attached hydrogen (secondary N) is 1. The van der Waals surface area contributed by atoms with Crippen LogP contribution in [0.4, 0.5) is 0 Å². The molecular weight excluding hydrogens is 368 g/mol. The molecule has 4 rings (SSSR count). The van der Waals surface area contributed by atoms with E-state index in [-0.39, 0.29) is 6.04 Å². The van der Waals surface area contributed by atoms with Gasteiger partial charge in [-0.2, -0.15) is 0 Å². The fourth-order valence-corrected chi connectivity index (χ4v) is 3.98. The van der Waals surface area contributed by atoms with Crippen LogP contribution in [-0.4, -0.2) is 24.1 Å². The number of benzene rings is 2. The zero-order valence-electron chi connectivity index (χ0n) is 15.9. The minimum Gasteiger partial charge on any atom is -0.493 e. The third-order valence-electron chi connectivity index (χ3n) is 4.83. The molecular formula is C22H24N4OS. The predicted molar refractivity (Wildman–Crippen MR) is 115 cm³/mol. The van der Waals surface area contributed by atoms with E-state index < -0.39 is 0 Å². The van der Waals surface area contributed by atoms with E-state index in [1.165, 1.54) is 5.56 Å². The Morgan fingerprint density at radius 1 is 1.25 bits per heavy atom. The Bertz CT molecular complexity index is 965. The summed E-state index contributed by atoms with van der Waals surface area (Å²) in [6.45, 7) is 3.36. The molecule has 3 N–H and O–H groups in total. The molecule has 28 heavy (non-hydrogen) atoms. The Kier molecular flexibility index (Phi) is 5.58. The van der Waals surface area contributed by atoms with Crippen LogP contribution in [0.1, 0.15) is 28.6 Å². The average Bonchev–Trinajstić information content (AvgIpc) is 3.15. The van der Waals surface area contributed by atoms with Crippen molar-refractivity contribution in [3.05, 3.63) is 70.0 Å². The van der Waals surface area contributed by atoms with E-state index in [9.17, 15) is 0 Å². The van der Waals surface area contributed by atoms with Crippen molar-refractivity contribution in [3.8, 4) is 17.0 Å². The van der Waals surface area contributed by atoms with Crippen molar-refractivity contribution in [2.45, 2.75) is 25.8 Å². The van der Waals surface area contributed by atoms with Crippen LogP contribution >= 0.6 is 11.3 Å². The van der Waals surface area contributed by atoms with E-state index in [0.29, 0.717) is 19.1 Å². The first-order valence-corrected chi connectivity index (χ1v) is 10.4. The molecule has 2 heterocycles. The Labute approximate surface area is 169 Å². The first-order chi connectivity index (χ1) is 13.7. The van der Waals surface area contributed by atoms with Crippen LogP contribution in [0.2, 0.25) is 0 Å². The highest BCUT2D eigenvalue weighted by Gasteiger charge is 2.21. The number of nitrogens with zero attached hydrogens (tertiary/aromatic N) is 2. The Morgan fingerprint density at radius 2 is 2.07 bits per heavy atom. The average molecular weight is 393 g/mol. The maximum Gasteiger partial charge on any atom is 0.189 e. The monoisotopic (exact) mass is 392 g/mol. The van der Waals surface area contributed by atoms with Gasteiger partial charge in [-0.15, -0.1) is 11.3 Å². The number of aryl methyl sites for hydroxylation is 1. The second-order valence-corrected chi connectivity index (χ2v) is 7.90. The van der Waals surface area contributed by atoms with Crippen molar-refractivity contribution < 1.29 is 4.74 Å². The summed E-state index contributed by atoms with van der Waals surface area (Å²) in [6.07, 6.45) is 1.73. The van der Waals surface area contributed by atoms with Gasteiger partial charge in [0.1, 0.15) is 5.75 Å². The number of guanidine groups is 1. The van der Waals surface area contributed by atoms with Crippen molar-refractivity contribution in [2.75, 3.05) is 13.2 Å². The van der Waals surface area contributed by atoms with Crippen LogP contribution < -0.4 is 15.8 Å². The van der Waals surface area contributed by atoms with Gasteiger partial charge in [0, 0.05) is 29.5 Å². The van der Waals surface area contributed by atoms with Gasteiger partial charge in [-0.3, -0.25) is 4.99 Å². The highest BCUT2D eigenvalue weighted by molar-refractivity contribution is 7.09. The van der Waals surface area contributed by atoms with Crippen LogP contribution in [0.5, 0.6) is 5.75 Å². The molecule has 0 amide bonds. The van der Waals surface area contributed by atoms with Crippen LogP contribution in [0.25, 0.3) is 11.3 Å². The maximum absolute atomic E-state index is 6.12. The second-order valence-electron chi connectivity index (χ2n) is 6.84. The normalized spacial score (nSPS) is 16.3. The van der Waals surface area contributed by atoms with E-state index in [4.69, 9.17) is 10.5 Å². The zero-order chi connectivity index (χ0) is 19.3. The number of aromatic nitrogens is 1. The Balaban J connectivity index is 1.32. The number of fused-ring (bicyclic) bond motifs is 1. The molecule has 0 aliphatic carbocycles. The second kappa shape index (κ2) is 8.44. The van der Waals surface area contributed by atoms with Crippen LogP contribution in [-0.2, 0) is 6.42 Å². The summed E-state index contributed by atoms with van der Waals surface area (Å²) in [7, 11) is 0. The molecule has 1 aromatic heterocycles. The first-order valence-electron chi connectivity index (χ1n) is 9.48. The third-order valence-corrected chi connectivity index (χ3v) is 5.61. The van der Waals surface area contributed by atoms with E-state index >= 15 is 0 Å². The fraction of sp³-hybridized carbons (Fsp3) is 0.273. The number of hydrogen-bond donors (Lipinski definition) is 2. The molecule has 0 saturated carbocycles. The van der Waals surface area contributed by atoms with Gasteiger partial charge in [0.2, 0.25) is 0 Å². The number of thiazole rings is 1. The minimum absolute atomic E-state index is 0.148. The van der Waals surface area contributed by atoms with Crippen molar-refractivity contribution in [1.82, 2.24) is 10.3 Å². The number of aliphatic imine (C=N–C) groups is 1. The highest BCUT2D eigenvalue weighted by atomic mass is 32.1. The van der Waals surface area contributed by atoms with Gasteiger partial charge in [0.15, 0.2) is 5.96 Å². The molecule has 3 aromatic rings. The minimum atomic E-state index is 0.148. The van der Waals surface area contributed by atoms with Crippen molar-refractivity contribution >= 4 is 17.3 Å². The van der Waals surface area contributed by atoms with Crippen LogP contribution in [0.3, 0.4) is 0 Å². The van der Waals surface area contributed by atoms with E-state index in [1.54, 1.807) is 11.3 Å². The third kappa shape index (κ3) is 4.34. The quantitative estimate of drug-likeness (QED) is 0.507. The molecule has 144 valence electrons. The van der Waals surface area contributed by atoms with E-state index in [0.717, 1.165) is 40.4 Å². The molecule has 5 nitrogen and oxygen atoms in total. The number of hydrogen-bond acceptors (Lipinski definition) is 4. The molecule has 0 bridgehead atoms. The van der Waals surface area contributed by atoms with Crippen molar-refractivity contribution in [1.29, 1.82) is 0 Å². The summed E-state index contributed by atoms with van der Waals surface area (Å²) in [5, 5.41) is 6.51. The van der Waals surface area contributed by atoms with Crippen molar-refractivity contribution in [2.24, 2.45) is 10.7 Å².